The molecule has 0 saturated heterocycles. The lowest BCUT2D eigenvalue weighted by Crippen LogP contribution is -2.10. The van der Waals surface area contributed by atoms with Crippen molar-refractivity contribution in [1.82, 2.24) is 20.4 Å². The molecule has 6 nitrogen and oxygen atoms in total. The highest BCUT2D eigenvalue weighted by molar-refractivity contribution is 7.99. The minimum Gasteiger partial charge on any atom is -0.476 e. The molecule has 0 N–H and O–H groups in total. The van der Waals surface area contributed by atoms with E-state index in [2.05, 4.69) is 20.4 Å². The van der Waals surface area contributed by atoms with Crippen molar-refractivity contribution in [1.29, 1.82) is 0 Å². The van der Waals surface area contributed by atoms with Crippen molar-refractivity contribution in [3.05, 3.63) is 29.1 Å². The molecule has 0 saturated carbocycles. The summed E-state index contributed by atoms with van der Waals surface area (Å²) >= 11 is 1.78. The van der Waals surface area contributed by atoms with E-state index < -0.39 is 0 Å². The summed E-state index contributed by atoms with van der Waals surface area (Å²) in [6.07, 6.45) is 2.17. The van der Waals surface area contributed by atoms with Crippen molar-refractivity contribution in [2.75, 3.05) is 19.0 Å². The van der Waals surface area contributed by atoms with Crippen LogP contribution in [0.25, 0.3) is 0 Å². The van der Waals surface area contributed by atoms with Gasteiger partial charge in [-0.1, -0.05) is 0 Å². The lowest BCUT2D eigenvalue weighted by Gasteiger charge is -2.14. The summed E-state index contributed by atoms with van der Waals surface area (Å²) in [7, 11) is 0. The number of hydrogen-bond donors (Lipinski definition) is 0. The normalized spacial score (nSPS) is 15.4. The van der Waals surface area contributed by atoms with Crippen molar-refractivity contribution in [2.45, 2.75) is 31.6 Å². The van der Waals surface area contributed by atoms with E-state index >= 15 is 0 Å². The third kappa shape index (κ3) is 3.65. The van der Waals surface area contributed by atoms with Crippen molar-refractivity contribution in [2.24, 2.45) is 0 Å². The SMILES string of the molecule is Cc1cc2c(nn1)OCCC2.Cc1cc2c(nn1)OCCS2. The summed E-state index contributed by atoms with van der Waals surface area (Å²) in [5.41, 5.74) is 3.11. The first kappa shape index (κ1) is 15.0. The van der Waals surface area contributed by atoms with Crippen molar-refractivity contribution in [3.8, 4) is 11.8 Å². The van der Waals surface area contributed by atoms with Crippen LogP contribution in [0.2, 0.25) is 0 Å². The lowest BCUT2D eigenvalue weighted by atomic mass is 10.1. The van der Waals surface area contributed by atoms with E-state index in [-0.39, 0.29) is 0 Å². The van der Waals surface area contributed by atoms with E-state index in [1.54, 1.807) is 11.8 Å². The molecule has 0 aliphatic carbocycles. The molecule has 2 aromatic heterocycles. The number of aromatic nitrogens is 4. The molecule has 0 amide bonds. The Kier molecular flexibility index (Phi) is 4.72. The van der Waals surface area contributed by atoms with Crippen molar-refractivity contribution < 1.29 is 9.47 Å². The van der Waals surface area contributed by atoms with E-state index in [1.165, 1.54) is 5.56 Å². The van der Waals surface area contributed by atoms with Crippen molar-refractivity contribution in [3.63, 3.8) is 0 Å². The zero-order valence-corrected chi connectivity index (χ0v) is 13.5. The summed E-state index contributed by atoms with van der Waals surface area (Å²) in [6, 6.07) is 4.05. The molecule has 4 heterocycles. The van der Waals surface area contributed by atoms with E-state index in [4.69, 9.17) is 9.47 Å². The summed E-state index contributed by atoms with van der Waals surface area (Å²) < 4.78 is 10.6. The molecule has 0 aromatic carbocycles. The first-order chi connectivity index (χ1) is 10.7. The van der Waals surface area contributed by atoms with Gasteiger partial charge in [0.15, 0.2) is 0 Å². The number of rotatable bonds is 0. The summed E-state index contributed by atoms with van der Waals surface area (Å²) in [5, 5.41) is 15.7. The van der Waals surface area contributed by atoms with E-state index in [0.717, 1.165) is 54.0 Å². The maximum atomic E-state index is 5.30. The Morgan fingerprint density at radius 2 is 1.64 bits per heavy atom. The smallest absolute Gasteiger partial charge is 0.247 e. The molecule has 0 spiro atoms. The molecular formula is C15H18N4O2S. The molecule has 0 bridgehead atoms. The molecule has 2 aliphatic rings. The molecule has 116 valence electrons. The molecule has 4 rings (SSSR count). The predicted octanol–water partition coefficient (Wildman–Crippen LogP) is 2.38. The van der Waals surface area contributed by atoms with E-state index in [1.807, 2.05) is 26.0 Å². The number of thioether (sulfide) groups is 1. The van der Waals surface area contributed by atoms with Gasteiger partial charge in [0, 0.05) is 11.3 Å². The summed E-state index contributed by atoms with van der Waals surface area (Å²) in [6.45, 7) is 5.41. The Balaban J connectivity index is 0.000000131. The average molecular weight is 318 g/mol. The summed E-state index contributed by atoms with van der Waals surface area (Å²) in [5.74, 6) is 2.42. The van der Waals surface area contributed by atoms with Gasteiger partial charge in [-0.05, 0) is 38.8 Å². The van der Waals surface area contributed by atoms with Crippen molar-refractivity contribution >= 4 is 11.8 Å². The van der Waals surface area contributed by atoms with Crippen LogP contribution in [-0.4, -0.2) is 39.4 Å². The largest absolute Gasteiger partial charge is 0.476 e. The molecule has 2 aromatic rings. The van der Waals surface area contributed by atoms with Gasteiger partial charge in [0.1, 0.15) is 0 Å². The number of aryl methyl sites for hydroxylation is 3. The van der Waals surface area contributed by atoms with Gasteiger partial charge < -0.3 is 9.47 Å². The molecule has 0 atom stereocenters. The average Bonchev–Trinajstić information content (AvgIpc) is 2.55. The topological polar surface area (TPSA) is 70.0 Å². The Hall–Kier alpha value is -1.89. The molecule has 2 aliphatic heterocycles. The van der Waals surface area contributed by atoms with Crippen LogP contribution in [0.5, 0.6) is 11.8 Å². The monoisotopic (exact) mass is 318 g/mol. The van der Waals surface area contributed by atoms with E-state index in [9.17, 15) is 0 Å². The highest BCUT2D eigenvalue weighted by atomic mass is 32.2. The number of ether oxygens (including phenoxy) is 2. The van der Waals surface area contributed by atoms with Crippen LogP contribution in [0.4, 0.5) is 0 Å². The Labute approximate surface area is 133 Å². The molecule has 7 heteroatoms. The second-order valence-corrected chi connectivity index (χ2v) is 6.26. The second-order valence-electron chi connectivity index (χ2n) is 5.12. The van der Waals surface area contributed by atoms with Crippen LogP contribution < -0.4 is 9.47 Å². The maximum Gasteiger partial charge on any atom is 0.247 e. The maximum absolute atomic E-state index is 5.30. The zero-order chi connectivity index (χ0) is 15.4. The van der Waals surface area contributed by atoms with Gasteiger partial charge in [-0.15, -0.1) is 22.0 Å². The quantitative estimate of drug-likeness (QED) is 0.738. The third-order valence-corrected chi connectivity index (χ3v) is 4.19. The number of fused-ring (bicyclic) bond motifs is 2. The van der Waals surface area contributed by atoms with Crippen LogP contribution in [0, 0.1) is 13.8 Å². The number of nitrogens with zero attached hydrogens (tertiary/aromatic N) is 4. The van der Waals surface area contributed by atoms with Gasteiger partial charge in [-0.25, -0.2) is 0 Å². The van der Waals surface area contributed by atoms with Crippen LogP contribution in [-0.2, 0) is 6.42 Å². The second kappa shape index (κ2) is 6.91. The van der Waals surface area contributed by atoms with Gasteiger partial charge in [-0.3, -0.25) is 0 Å². The summed E-state index contributed by atoms with van der Waals surface area (Å²) in [4.78, 5) is 1.11. The molecular weight excluding hydrogens is 300 g/mol. The van der Waals surface area contributed by atoms with Crippen LogP contribution >= 0.6 is 11.8 Å². The lowest BCUT2D eigenvalue weighted by molar-refractivity contribution is 0.272. The first-order valence-corrected chi connectivity index (χ1v) is 8.27. The van der Waals surface area contributed by atoms with E-state index in [0.29, 0.717) is 5.88 Å². The van der Waals surface area contributed by atoms with Crippen LogP contribution in [0.15, 0.2) is 17.0 Å². The molecule has 0 fully saturated rings. The van der Waals surface area contributed by atoms with Gasteiger partial charge in [0.05, 0.1) is 29.5 Å². The fourth-order valence-corrected chi connectivity index (χ4v) is 3.07. The predicted molar refractivity (Wildman–Crippen MR) is 83.6 cm³/mol. The van der Waals surface area contributed by atoms with Gasteiger partial charge in [0.25, 0.3) is 0 Å². The molecule has 0 radical (unpaired) electrons. The highest BCUT2D eigenvalue weighted by Gasteiger charge is 2.12. The molecule has 0 unspecified atom stereocenters. The molecule has 22 heavy (non-hydrogen) atoms. The number of hydrogen-bond acceptors (Lipinski definition) is 7. The Morgan fingerprint density at radius 1 is 0.909 bits per heavy atom. The fraction of sp³-hybridized carbons (Fsp3) is 0.467. The minimum atomic E-state index is 0.687. The van der Waals surface area contributed by atoms with Gasteiger partial charge >= 0.3 is 0 Å². The fourth-order valence-electron chi connectivity index (χ4n) is 2.21. The van der Waals surface area contributed by atoms with Gasteiger partial charge in [0.2, 0.25) is 11.8 Å². The first-order valence-electron chi connectivity index (χ1n) is 7.28. The Bertz CT molecular complexity index is 608. The standard InChI is InChI=1S/C8H10N2O.C7H8N2OS/c1-6-5-7-3-2-4-11-8(7)10-9-6;1-5-4-6-7(9-8-5)10-2-3-11-6/h5H,2-4H2,1H3;4H,2-3H2,1H3. The Morgan fingerprint density at radius 3 is 2.50 bits per heavy atom. The zero-order valence-electron chi connectivity index (χ0n) is 12.7. The third-order valence-electron chi connectivity index (χ3n) is 3.21. The minimum absolute atomic E-state index is 0.687. The van der Waals surface area contributed by atoms with Gasteiger partial charge in [-0.2, -0.15) is 10.2 Å². The van der Waals surface area contributed by atoms with Crippen LogP contribution in [0.3, 0.4) is 0 Å². The van der Waals surface area contributed by atoms with Crippen LogP contribution in [0.1, 0.15) is 23.4 Å². The highest BCUT2D eigenvalue weighted by Crippen LogP contribution is 2.30.